The number of thiazole rings is 1. The molecule has 6 nitrogen and oxygen atoms in total. The minimum Gasteiger partial charge on any atom is -0.293 e. The summed E-state index contributed by atoms with van der Waals surface area (Å²) in [6.07, 6.45) is 3.52. The Morgan fingerprint density at radius 2 is 1.96 bits per heavy atom. The second kappa shape index (κ2) is 7.10. The van der Waals surface area contributed by atoms with Gasteiger partial charge in [-0.25, -0.2) is 23.4 Å². The standard InChI is InChI=1S/C19H20N4O2S2/c1-13-17(26-18(21-13)14-6-4-3-5-7-14)12-23-9-8-16-15(11-23)10-20-19(22-16)27(2,24)25/h3-7,10H,8-9,11-12H2,1-2H3. The van der Waals surface area contributed by atoms with E-state index < -0.39 is 9.84 Å². The summed E-state index contributed by atoms with van der Waals surface area (Å²) >= 11 is 1.73. The topological polar surface area (TPSA) is 76.1 Å². The highest BCUT2D eigenvalue weighted by atomic mass is 32.2. The van der Waals surface area contributed by atoms with Gasteiger partial charge in [-0.15, -0.1) is 11.3 Å². The average Bonchev–Trinajstić information content (AvgIpc) is 3.02. The van der Waals surface area contributed by atoms with Crippen molar-refractivity contribution in [1.82, 2.24) is 19.9 Å². The lowest BCUT2D eigenvalue weighted by Gasteiger charge is -2.27. The fraction of sp³-hybridized carbons (Fsp3) is 0.316. The molecule has 1 aromatic carbocycles. The van der Waals surface area contributed by atoms with E-state index in [1.807, 2.05) is 18.2 Å². The van der Waals surface area contributed by atoms with Crippen LogP contribution in [0.5, 0.6) is 0 Å². The van der Waals surface area contributed by atoms with Crippen molar-refractivity contribution >= 4 is 21.2 Å². The highest BCUT2D eigenvalue weighted by molar-refractivity contribution is 7.90. The van der Waals surface area contributed by atoms with Gasteiger partial charge in [0.2, 0.25) is 15.0 Å². The van der Waals surface area contributed by atoms with E-state index >= 15 is 0 Å². The number of aromatic nitrogens is 3. The summed E-state index contributed by atoms with van der Waals surface area (Å²) in [7, 11) is -3.37. The number of nitrogens with zero attached hydrogens (tertiary/aromatic N) is 4. The van der Waals surface area contributed by atoms with Gasteiger partial charge in [-0.05, 0) is 6.92 Å². The van der Waals surface area contributed by atoms with Crippen LogP contribution in [0.2, 0.25) is 0 Å². The minimum atomic E-state index is -3.37. The molecule has 0 aliphatic carbocycles. The number of benzene rings is 1. The average molecular weight is 401 g/mol. The van der Waals surface area contributed by atoms with Gasteiger partial charge in [-0.1, -0.05) is 30.3 Å². The second-order valence-electron chi connectivity index (χ2n) is 6.75. The van der Waals surface area contributed by atoms with Crippen molar-refractivity contribution < 1.29 is 8.42 Å². The molecule has 1 aliphatic heterocycles. The number of rotatable bonds is 4. The van der Waals surface area contributed by atoms with E-state index in [0.29, 0.717) is 0 Å². The van der Waals surface area contributed by atoms with Crippen molar-refractivity contribution in [3.8, 4) is 10.6 Å². The van der Waals surface area contributed by atoms with Gasteiger partial charge in [0.1, 0.15) is 5.01 Å². The third kappa shape index (κ3) is 3.92. The Morgan fingerprint density at radius 1 is 1.19 bits per heavy atom. The Hall–Kier alpha value is -2.16. The normalized spacial score (nSPS) is 14.9. The number of hydrogen-bond donors (Lipinski definition) is 0. The van der Waals surface area contributed by atoms with Crippen molar-refractivity contribution in [3.63, 3.8) is 0 Å². The predicted molar refractivity (Wildman–Crippen MR) is 105 cm³/mol. The lowest BCUT2D eigenvalue weighted by atomic mass is 10.1. The zero-order chi connectivity index (χ0) is 19.0. The van der Waals surface area contributed by atoms with Crippen molar-refractivity contribution in [2.75, 3.05) is 12.8 Å². The van der Waals surface area contributed by atoms with Gasteiger partial charge in [-0.3, -0.25) is 4.90 Å². The van der Waals surface area contributed by atoms with E-state index in [9.17, 15) is 8.42 Å². The molecule has 0 amide bonds. The number of hydrogen-bond acceptors (Lipinski definition) is 7. The highest BCUT2D eigenvalue weighted by Crippen LogP contribution is 2.29. The summed E-state index contributed by atoms with van der Waals surface area (Å²) in [4.78, 5) is 16.6. The molecule has 1 aliphatic rings. The minimum absolute atomic E-state index is 0.0829. The van der Waals surface area contributed by atoms with Crippen molar-refractivity contribution in [2.24, 2.45) is 0 Å². The molecular weight excluding hydrogens is 380 g/mol. The molecule has 0 saturated carbocycles. The molecule has 2 aromatic heterocycles. The first-order valence-corrected chi connectivity index (χ1v) is 11.4. The first-order chi connectivity index (χ1) is 12.9. The Morgan fingerprint density at radius 3 is 2.70 bits per heavy atom. The molecule has 3 aromatic rings. The first-order valence-electron chi connectivity index (χ1n) is 8.69. The molecule has 0 spiro atoms. The van der Waals surface area contributed by atoms with Gasteiger partial charge in [-0.2, -0.15) is 0 Å². The summed E-state index contributed by atoms with van der Waals surface area (Å²) < 4.78 is 23.3. The van der Waals surface area contributed by atoms with Crippen LogP contribution in [0.1, 0.15) is 21.8 Å². The van der Waals surface area contributed by atoms with Crippen molar-refractivity contribution in [2.45, 2.75) is 31.6 Å². The van der Waals surface area contributed by atoms with Crippen LogP contribution in [0.4, 0.5) is 0 Å². The van der Waals surface area contributed by atoms with Crippen LogP contribution in [0.3, 0.4) is 0 Å². The Kier molecular flexibility index (Phi) is 4.79. The molecule has 0 atom stereocenters. The smallest absolute Gasteiger partial charge is 0.246 e. The third-order valence-electron chi connectivity index (χ3n) is 4.60. The highest BCUT2D eigenvalue weighted by Gasteiger charge is 2.22. The van der Waals surface area contributed by atoms with Gasteiger partial charge < -0.3 is 0 Å². The van der Waals surface area contributed by atoms with Gasteiger partial charge in [0, 0.05) is 54.5 Å². The van der Waals surface area contributed by atoms with Crippen LogP contribution in [-0.4, -0.2) is 41.1 Å². The second-order valence-corrected chi connectivity index (χ2v) is 9.74. The molecule has 0 fully saturated rings. The molecule has 0 radical (unpaired) electrons. The molecule has 8 heteroatoms. The third-order valence-corrected chi connectivity index (χ3v) is 6.65. The summed E-state index contributed by atoms with van der Waals surface area (Å²) in [5.41, 5.74) is 4.04. The zero-order valence-corrected chi connectivity index (χ0v) is 16.8. The van der Waals surface area contributed by atoms with E-state index in [0.717, 1.165) is 59.8 Å². The molecule has 0 saturated heterocycles. The molecule has 0 N–H and O–H groups in total. The zero-order valence-electron chi connectivity index (χ0n) is 15.2. The van der Waals surface area contributed by atoms with Crippen molar-refractivity contribution in [1.29, 1.82) is 0 Å². The predicted octanol–water partition coefficient (Wildman–Crippen LogP) is 2.87. The van der Waals surface area contributed by atoms with Gasteiger partial charge in [0.05, 0.1) is 11.4 Å². The Bertz CT molecular complexity index is 1080. The maximum Gasteiger partial charge on any atom is 0.246 e. The van der Waals surface area contributed by atoms with Crippen molar-refractivity contribution in [3.05, 3.63) is 58.4 Å². The quantitative estimate of drug-likeness (QED) is 0.627. The molecule has 3 heterocycles. The maximum absolute atomic E-state index is 11.6. The monoisotopic (exact) mass is 400 g/mol. The molecule has 4 rings (SSSR count). The summed E-state index contributed by atoms with van der Waals surface area (Å²) in [5.74, 6) is 0. The van der Waals surface area contributed by atoms with Crippen LogP contribution in [0.15, 0.2) is 41.7 Å². The molecule has 27 heavy (non-hydrogen) atoms. The summed E-state index contributed by atoms with van der Waals surface area (Å²) in [5, 5.41) is 0.960. The number of aryl methyl sites for hydroxylation is 1. The van der Waals surface area contributed by atoms with E-state index in [-0.39, 0.29) is 5.16 Å². The van der Waals surface area contributed by atoms with E-state index in [2.05, 4.69) is 33.9 Å². The Labute approximate surface area is 162 Å². The lowest BCUT2D eigenvalue weighted by molar-refractivity contribution is 0.243. The molecule has 140 valence electrons. The lowest BCUT2D eigenvalue weighted by Crippen LogP contribution is -2.31. The van der Waals surface area contributed by atoms with Gasteiger partial charge in [0.25, 0.3) is 0 Å². The van der Waals surface area contributed by atoms with Crippen LogP contribution in [0, 0.1) is 6.92 Å². The van der Waals surface area contributed by atoms with Gasteiger partial charge >= 0.3 is 0 Å². The summed E-state index contributed by atoms with van der Waals surface area (Å²) in [6, 6.07) is 10.2. The fourth-order valence-electron chi connectivity index (χ4n) is 3.15. The van der Waals surface area contributed by atoms with Crippen LogP contribution in [0.25, 0.3) is 10.6 Å². The molecule has 0 bridgehead atoms. The van der Waals surface area contributed by atoms with E-state index in [1.54, 1.807) is 17.5 Å². The fourth-order valence-corrected chi connectivity index (χ4v) is 4.78. The van der Waals surface area contributed by atoms with Gasteiger partial charge in [0.15, 0.2) is 0 Å². The van der Waals surface area contributed by atoms with Crippen LogP contribution >= 0.6 is 11.3 Å². The summed E-state index contributed by atoms with van der Waals surface area (Å²) in [6.45, 7) is 4.43. The first kappa shape index (κ1) is 18.2. The molecular formula is C19H20N4O2S2. The van der Waals surface area contributed by atoms with E-state index in [1.165, 1.54) is 4.88 Å². The van der Waals surface area contributed by atoms with Crippen LogP contribution in [-0.2, 0) is 29.3 Å². The number of fused-ring (bicyclic) bond motifs is 1. The van der Waals surface area contributed by atoms with E-state index in [4.69, 9.17) is 4.98 Å². The largest absolute Gasteiger partial charge is 0.293 e. The van der Waals surface area contributed by atoms with Crippen LogP contribution < -0.4 is 0 Å². The number of sulfone groups is 1. The SMILES string of the molecule is Cc1nc(-c2ccccc2)sc1CN1CCc2nc(S(C)(=O)=O)ncc2C1. The maximum atomic E-state index is 11.6. The molecule has 0 unspecified atom stereocenters. The Balaban J connectivity index is 1.52.